The Morgan fingerprint density at radius 2 is 1.52 bits per heavy atom. The lowest BCUT2D eigenvalue weighted by atomic mass is 10.1. The molecule has 0 unspecified atom stereocenters. The maximum absolute atomic E-state index is 12.2. The molecule has 0 saturated carbocycles. The van der Waals surface area contributed by atoms with E-state index in [1.165, 1.54) is 11.0 Å². The molecular formula is C19H18N4O4. The van der Waals surface area contributed by atoms with E-state index in [2.05, 4.69) is 10.6 Å². The van der Waals surface area contributed by atoms with Crippen molar-refractivity contribution in [3.05, 3.63) is 65.2 Å². The van der Waals surface area contributed by atoms with Crippen molar-refractivity contribution < 1.29 is 19.2 Å². The Morgan fingerprint density at radius 3 is 2.15 bits per heavy atom. The molecule has 2 aromatic carbocycles. The van der Waals surface area contributed by atoms with Crippen molar-refractivity contribution in [2.24, 2.45) is 5.73 Å². The first-order chi connectivity index (χ1) is 13.0. The maximum Gasteiger partial charge on any atom is 0.319 e. The summed E-state index contributed by atoms with van der Waals surface area (Å²) < 4.78 is 0. The molecular weight excluding hydrogens is 348 g/mol. The number of nitrogens with zero attached hydrogens (tertiary/aromatic N) is 1. The second-order valence-corrected chi connectivity index (χ2v) is 5.95. The second kappa shape index (κ2) is 7.69. The number of para-hydroxylation sites is 1. The molecule has 0 aromatic heterocycles. The predicted octanol–water partition coefficient (Wildman–Crippen LogP) is 1.59. The first-order valence-corrected chi connectivity index (χ1v) is 8.38. The molecule has 27 heavy (non-hydrogen) atoms. The zero-order chi connectivity index (χ0) is 19.4. The van der Waals surface area contributed by atoms with Crippen LogP contribution in [0.3, 0.4) is 0 Å². The molecule has 0 bridgehead atoms. The number of carbonyl (C=O) groups is 4. The SMILES string of the molecule is NC(=O)c1ccccc1NC(=O)NCCCN1C(=O)c2ccccc2C1=O. The number of imide groups is 1. The van der Waals surface area contributed by atoms with Gasteiger partial charge in [-0.3, -0.25) is 19.3 Å². The van der Waals surface area contributed by atoms with Crippen LogP contribution in [0, 0.1) is 0 Å². The Bertz CT molecular complexity index is 890. The van der Waals surface area contributed by atoms with Crippen LogP contribution in [-0.4, -0.2) is 41.7 Å². The van der Waals surface area contributed by atoms with Crippen molar-refractivity contribution in [2.45, 2.75) is 6.42 Å². The Kier molecular flexibility index (Phi) is 5.16. The third kappa shape index (κ3) is 3.79. The number of nitrogens with two attached hydrogens (primary N) is 1. The quantitative estimate of drug-likeness (QED) is 0.531. The normalized spacial score (nSPS) is 12.7. The molecule has 1 aliphatic rings. The van der Waals surface area contributed by atoms with Crippen molar-refractivity contribution >= 4 is 29.4 Å². The number of rotatable bonds is 6. The molecule has 0 spiro atoms. The minimum Gasteiger partial charge on any atom is -0.366 e. The summed E-state index contributed by atoms with van der Waals surface area (Å²) in [6, 6.07) is 12.6. The van der Waals surface area contributed by atoms with E-state index >= 15 is 0 Å². The predicted molar refractivity (Wildman–Crippen MR) is 98.4 cm³/mol. The molecule has 1 heterocycles. The van der Waals surface area contributed by atoms with Crippen LogP contribution in [-0.2, 0) is 0 Å². The number of primary amides is 1. The Labute approximate surface area is 155 Å². The summed E-state index contributed by atoms with van der Waals surface area (Å²) in [6.07, 6.45) is 0.399. The number of hydrogen-bond acceptors (Lipinski definition) is 4. The Morgan fingerprint density at radius 1 is 0.926 bits per heavy atom. The fourth-order valence-electron chi connectivity index (χ4n) is 2.85. The van der Waals surface area contributed by atoms with E-state index in [0.717, 1.165) is 0 Å². The maximum atomic E-state index is 12.2. The number of hydrogen-bond donors (Lipinski definition) is 3. The lowest BCUT2D eigenvalue weighted by Crippen LogP contribution is -2.35. The van der Waals surface area contributed by atoms with Gasteiger partial charge in [-0.25, -0.2) is 4.79 Å². The van der Waals surface area contributed by atoms with Gasteiger partial charge in [0.1, 0.15) is 0 Å². The lowest BCUT2D eigenvalue weighted by Gasteiger charge is -2.14. The molecule has 5 amide bonds. The third-order valence-corrected chi connectivity index (χ3v) is 4.16. The average molecular weight is 366 g/mol. The molecule has 0 atom stereocenters. The zero-order valence-corrected chi connectivity index (χ0v) is 14.4. The summed E-state index contributed by atoms with van der Waals surface area (Å²) in [4.78, 5) is 49.0. The van der Waals surface area contributed by atoms with Gasteiger partial charge in [-0.1, -0.05) is 24.3 Å². The Hall–Kier alpha value is -3.68. The summed E-state index contributed by atoms with van der Waals surface area (Å²) in [5.41, 5.74) is 6.58. The minimum atomic E-state index is -0.642. The summed E-state index contributed by atoms with van der Waals surface area (Å²) in [5, 5.41) is 5.17. The summed E-state index contributed by atoms with van der Waals surface area (Å²) in [5.74, 6) is -1.29. The van der Waals surface area contributed by atoms with E-state index in [1.54, 1.807) is 42.5 Å². The van der Waals surface area contributed by atoms with E-state index < -0.39 is 11.9 Å². The second-order valence-electron chi connectivity index (χ2n) is 5.95. The van der Waals surface area contributed by atoms with Gasteiger partial charge in [0.05, 0.1) is 22.4 Å². The monoisotopic (exact) mass is 366 g/mol. The fraction of sp³-hybridized carbons (Fsp3) is 0.158. The van der Waals surface area contributed by atoms with Gasteiger partial charge in [0.2, 0.25) is 0 Å². The van der Waals surface area contributed by atoms with Crippen LogP contribution in [0.1, 0.15) is 37.5 Å². The highest BCUT2D eigenvalue weighted by Crippen LogP contribution is 2.22. The molecule has 0 saturated heterocycles. The minimum absolute atomic E-state index is 0.199. The number of carbonyl (C=O) groups excluding carboxylic acids is 4. The van der Waals surface area contributed by atoms with E-state index in [1.807, 2.05) is 0 Å². The highest BCUT2D eigenvalue weighted by molar-refractivity contribution is 6.21. The van der Waals surface area contributed by atoms with Crippen molar-refractivity contribution in [3.63, 3.8) is 0 Å². The van der Waals surface area contributed by atoms with Crippen molar-refractivity contribution in [1.29, 1.82) is 0 Å². The standard InChI is InChI=1S/C19H18N4O4/c20-16(24)14-8-3-4-9-15(14)22-19(27)21-10-5-11-23-17(25)12-6-1-2-7-13(12)18(23)26/h1-4,6-9H,5,10-11H2,(H2,20,24)(H2,21,22,27). The fourth-order valence-corrected chi connectivity index (χ4v) is 2.85. The highest BCUT2D eigenvalue weighted by Gasteiger charge is 2.34. The average Bonchev–Trinajstić information content (AvgIpc) is 2.90. The number of benzene rings is 2. The largest absolute Gasteiger partial charge is 0.366 e. The van der Waals surface area contributed by atoms with Crippen LogP contribution in [0.4, 0.5) is 10.5 Å². The van der Waals surface area contributed by atoms with Crippen LogP contribution in [0.5, 0.6) is 0 Å². The first kappa shape index (κ1) is 18.1. The first-order valence-electron chi connectivity index (χ1n) is 8.38. The van der Waals surface area contributed by atoms with Crippen LogP contribution >= 0.6 is 0 Å². The smallest absolute Gasteiger partial charge is 0.319 e. The van der Waals surface area contributed by atoms with Gasteiger partial charge in [0, 0.05) is 13.1 Å². The highest BCUT2D eigenvalue weighted by atomic mass is 16.2. The molecule has 3 rings (SSSR count). The summed E-state index contributed by atoms with van der Waals surface area (Å²) in [6.45, 7) is 0.447. The molecule has 0 radical (unpaired) electrons. The van der Waals surface area contributed by atoms with Crippen LogP contribution < -0.4 is 16.4 Å². The van der Waals surface area contributed by atoms with Gasteiger partial charge in [0.25, 0.3) is 17.7 Å². The zero-order valence-electron chi connectivity index (χ0n) is 14.4. The number of urea groups is 1. The van der Waals surface area contributed by atoms with E-state index in [4.69, 9.17) is 5.73 Å². The number of anilines is 1. The molecule has 0 aliphatic carbocycles. The number of nitrogens with one attached hydrogen (secondary N) is 2. The van der Waals surface area contributed by atoms with E-state index in [9.17, 15) is 19.2 Å². The van der Waals surface area contributed by atoms with Gasteiger partial charge < -0.3 is 16.4 Å². The summed E-state index contributed by atoms with van der Waals surface area (Å²) >= 11 is 0. The van der Waals surface area contributed by atoms with Gasteiger partial charge in [0.15, 0.2) is 0 Å². The van der Waals surface area contributed by atoms with Crippen LogP contribution in [0.25, 0.3) is 0 Å². The van der Waals surface area contributed by atoms with Gasteiger partial charge >= 0.3 is 6.03 Å². The van der Waals surface area contributed by atoms with Crippen molar-refractivity contribution in [3.8, 4) is 0 Å². The van der Waals surface area contributed by atoms with Crippen molar-refractivity contribution in [1.82, 2.24) is 10.2 Å². The molecule has 1 aliphatic heterocycles. The van der Waals surface area contributed by atoms with Crippen molar-refractivity contribution in [2.75, 3.05) is 18.4 Å². The molecule has 8 nitrogen and oxygen atoms in total. The van der Waals surface area contributed by atoms with Crippen LogP contribution in [0.2, 0.25) is 0 Å². The van der Waals surface area contributed by atoms with E-state index in [0.29, 0.717) is 23.2 Å². The topological polar surface area (TPSA) is 122 Å². The van der Waals surface area contributed by atoms with Gasteiger partial charge in [-0.2, -0.15) is 0 Å². The molecule has 138 valence electrons. The third-order valence-electron chi connectivity index (χ3n) is 4.16. The lowest BCUT2D eigenvalue weighted by molar-refractivity contribution is 0.0653. The molecule has 0 fully saturated rings. The molecule has 4 N–H and O–H groups in total. The Balaban J connectivity index is 1.49. The number of fused-ring (bicyclic) bond motifs is 1. The van der Waals surface area contributed by atoms with Gasteiger partial charge in [-0.15, -0.1) is 0 Å². The molecule has 2 aromatic rings. The van der Waals surface area contributed by atoms with Gasteiger partial charge in [-0.05, 0) is 30.7 Å². The van der Waals surface area contributed by atoms with E-state index in [-0.39, 0.29) is 30.5 Å². The van der Waals surface area contributed by atoms with Crippen LogP contribution in [0.15, 0.2) is 48.5 Å². The molecule has 8 heteroatoms. The summed E-state index contributed by atoms with van der Waals surface area (Å²) in [7, 11) is 0. The number of amides is 5.